The molecule has 0 unspecified atom stereocenters. The first-order chi connectivity index (χ1) is 7.86. The fourth-order valence-electron chi connectivity index (χ4n) is 2.80. The predicted molar refractivity (Wildman–Crippen MR) is 74.0 cm³/mol. The van der Waals surface area contributed by atoms with Gasteiger partial charge < -0.3 is 4.42 Å². The second-order valence-corrected chi connectivity index (χ2v) is 5.43. The molecule has 0 aliphatic carbocycles. The second-order valence-electron chi connectivity index (χ2n) is 5.43. The number of hydrogen-bond acceptors (Lipinski definition) is 1. The van der Waals surface area contributed by atoms with Crippen LogP contribution in [-0.2, 0) is 0 Å². The summed E-state index contributed by atoms with van der Waals surface area (Å²) in [6.07, 6.45) is 0. The standard InChI is InChI=1S/C16H22O/c1-8(2)14-10(4)9(3)11(5)15-12(6)13(7)17-16(14)15/h8H,1-7H3. The second kappa shape index (κ2) is 3.90. The molecule has 1 aromatic carbocycles. The maximum absolute atomic E-state index is 6.01. The van der Waals surface area contributed by atoms with Crippen LogP contribution in [0.3, 0.4) is 0 Å². The van der Waals surface area contributed by atoms with Crippen LogP contribution in [0.25, 0.3) is 11.0 Å². The van der Waals surface area contributed by atoms with Crippen LogP contribution in [0.15, 0.2) is 4.42 Å². The summed E-state index contributed by atoms with van der Waals surface area (Å²) >= 11 is 0. The molecule has 0 spiro atoms. The fourth-order valence-corrected chi connectivity index (χ4v) is 2.80. The number of aryl methyl sites for hydroxylation is 3. The molecule has 1 nitrogen and oxygen atoms in total. The lowest BCUT2D eigenvalue weighted by molar-refractivity contribution is 0.568. The zero-order valence-corrected chi connectivity index (χ0v) is 12.0. The van der Waals surface area contributed by atoms with Crippen LogP contribution in [0.5, 0.6) is 0 Å². The van der Waals surface area contributed by atoms with E-state index < -0.39 is 0 Å². The van der Waals surface area contributed by atoms with Gasteiger partial charge in [0.1, 0.15) is 11.3 Å². The molecule has 0 saturated heterocycles. The molecule has 2 rings (SSSR count). The van der Waals surface area contributed by atoms with Gasteiger partial charge in [0.15, 0.2) is 0 Å². The third-order valence-corrected chi connectivity index (χ3v) is 4.11. The maximum atomic E-state index is 6.01. The van der Waals surface area contributed by atoms with E-state index in [-0.39, 0.29) is 0 Å². The minimum Gasteiger partial charge on any atom is -0.461 e. The van der Waals surface area contributed by atoms with Crippen molar-refractivity contribution in [2.75, 3.05) is 0 Å². The lowest BCUT2D eigenvalue weighted by Crippen LogP contribution is -1.98. The summed E-state index contributed by atoms with van der Waals surface area (Å²) in [5.41, 5.74) is 7.94. The Morgan fingerprint density at radius 2 is 1.35 bits per heavy atom. The molecule has 0 bridgehead atoms. The molecule has 0 radical (unpaired) electrons. The molecule has 92 valence electrons. The van der Waals surface area contributed by atoms with E-state index in [1.54, 1.807) is 0 Å². The summed E-state index contributed by atoms with van der Waals surface area (Å²) in [4.78, 5) is 0. The fraction of sp³-hybridized carbons (Fsp3) is 0.500. The molecular weight excluding hydrogens is 208 g/mol. The summed E-state index contributed by atoms with van der Waals surface area (Å²) < 4.78 is 6.01. The van der Waals surface area contributed by atoms with Crippen LogP contribution in [0.4, 0.5) is 0 Å². The van der Waals surface area contributed by atoms with Crippen molar-refractivity contribution in [2.45, 2.75) is 54.4 Å². The molecule has 0 atom stereocenters. The largest absolute Gasteiger partial charge is 0.461 e. The van der Waals surface area contributed by atoms with Gasteiger partial charge in [0.2, 0.25) is 0 Å². The number of hydrogen-bond donors (Lipinski definition) is 0. The van der Waals surface area contributed by atoms with Crippen molar-refractivity contribution in [1.29, 1.82) is 0 Å². The summed E-state index contributed by atoms with van der Waals surface area (Å²) in [6, 6.07) is 0. The van der Waals surface area contributed by atoms with Gasteiger partial charge in [-0.2, -0.15) is 0 Å². The van der Waals surface area contributed by atoms with Crippen molar-refractivity contribution < 1.29 is 4.42 Å². The predicted octanol–water partition coefficient (Wildman–Crippen LogP) is 5.10. The molecule has 0 amide bonds. The Hall–Kier alpha value is -1.24. The van der Waals surface area contributed by atoms with Gasteiger partial charge in [0.25, 0.3) is 0 Å². The van der Waals surface area contributed by atoms with E-state index in [1.807, 2.05) is 0 Å². The highest BCUT2D eigenvalue weighted by Gasteiger charge is 2.19. The average molecular weight is 230 g/mol. The van der Waals surface area contributed by atoms with E-state index in [1.165, 1.54) is 33.2 Å². The zero-order valence-electron chi connectivity index (χ0n) is 12.0. The Labute approximate surface area is 104 Å². The van der Waals surface area contributed by atoms with Crippen molar-refractivity contribution in [2.24, 2.45) is 0 Å². The molecule has 1 heterocycles. The average Bonchev–Trinajstić information content (AvgIpc) is 2.52. The molecule has 17 heavy (non-hydrogen) atoms. The molecule has 0 aliphatic rings. The molecule has 0 saturated carbocycles. The Bertz CT molecular complexity index is 586. The lowest BCUT2D eigenvalue weighted by atomic mass is 9.88. The lowest BCUT2D eigenvalue weighted by Gasteiger charge is -2.16. The highest BCUT2D eigenvalue weighted by molar-refractivity contribution is 5.90. The molecule has 1 heteroatoms. The van der Waals surface area contributed by atoms with Crippen molar-refractivity contribution in [3.63, 3.8) is 0 Å². The van der Waals surface area contributed by atoms with Crippen LogP contribution in [0, 0.1) is 34.6 Å². The first-order valence-electron chi connectivity index (χ1n) is 6.35. The van der Waals surface area contributed by atoms with Gasteiger partial charge in [0, 0.05) is 10.9 Å². The van der Waals surface area contributed by atoms with Crippen molar-refractivity contribution >= 4 is 11.0 Å². The van der Waals surface area contributed by atoms with E-state index in [0.717, 1.165) is 11.3 Å². The monoisotopic (exact) mass is 230 g/mol. The van der Waals surface area contributed by atoms with Gasteiger partial charge >= 0.3 is 0 Å². The quantitative estimate of drug-likeness (QED) is 0.664. The Morgan fingerprint density at radius 1 is 0.765 bits per heavy atom. The van der Waals surface area contributed by atoms with E-state index >= 15 is 0 Å². The third-order valence-electron chi connectivity index (χ3n) is 4.11. The normalized spacial score (nSPS) is 11.8. The smallest absolute Gasteiger partial charge is 0.138 e. The molecule has 2 aromatic rings. The summed E-state index contributed by atoms with van der Waals surface area (Å²) in [6.45, 7) is 15.3. The minimum atomic E-state index is 0.502. The molecule has 0 aliphatic heterocycles. The zero-order chi connectivity index (χ0) is 12.9. The molecule has 0 fully saturated rings. The third kappa shape index (κ3) is 1.60. The van der Waals surface area contributed by atoms with Crippen molar-refractivity contribution in [3.8, 4) is 0 Å². The Kier molecular flexibility index (Phi) is 2.81. The van der Waals surface area contributed by atoms with Crippen molar-refractivity contribution in [3.05, 3.63) is 33.6 Å². The van der Waals surface area contributed by atoms with Gasteiger partial charge in [-0.3, -0.25) is 0 Å². The Balaban J connectivity index is 3.04. The van der Waals surface area contributed by atoms with Crippen LogP contribution < -0.4 is 0 Å². The van der Waals surface area contributed by atoms with E-state index in [4.69, 9.17) is 4.42 Å². The first kappa shape index (κ1) is 12.2. The van der Waals surface area contributed by atoms with Crippen LogP contribution in [0.1, 0.15) is 53.3 Å². The topological polar surface area (TPSA) is 13.1 Å². The van der Waals surface area contributed by atoms with Crippen LogP contribution in [0.2, 0.25) is 0 Å². The van der Waals surface area contributed by atoms with E-state index in [2.05, 4.69) is 48.5 Å². The van der Waals surface area contributed by atoms with E-state index in [0.29, 0.717) is 5.92 Å². The molecule has 1 aromatic heterocycles. The minimum absolute atomic E-state index is 0.502. The summed E-state index contributed by atoms with van der Waals surface area (Å²) in [5.74, 6) is 1.55. The van der Waals surface area contributed by atoms with Gasteiger partial charge in [-0.05, 0) is 62.8 Å². The number of furan rings is 1. The Morgan fingerprint density at radius 3 is 1.88 bits per heavy atom. The molecular formula is C16H22O. The van der Waals surface area contributed by atoms with Gasteiger partial charge in [0.05, 0.1) is 0 Å². The van der Waals surface area contributed by atoms with Crippen LogP contribution in [-0.4, -0.2) is 0 Å². The molecule has 0 N–H and O–H groups in total. The van der Waals surface area contributed by atoms with Crippen molar-refractivity contribution in [1.82, 2.24) is 0 Å². The number of rotatable bonds is 1. The highest BCUT2D eigenvalue weighted by Crippen LogP contribution is 2.38. The van der Waals surface area contributed by atoms with Crippen LogP contribution >= 0.6 is 0 Å². The summed E-state index contributed by atoms with van der Waals surface area (Å²) in [7, 11) is 0. The number of benzene rings is 1. The first-order valence-corrected chi connectivity index (χ1v) is 6.35. The van der Waals surface area contributed by atoms with E-state index in [9.17, 15) is 0 Å². The van der Waals surface area contributed by atoms with Gasteiger partial charge in [-0.25, -0.2) is 0 Å². The van der Waals surface area contributed by atoms with Gasteiger partial charge in [-0.15, -0.1) is 0 Å². The maximum Gasteiger partial charge on any atom is 0.138 e. The number of fused-ring (bicyclic) bond motifs is 1. The highest BCUT2D eigenvalue weighted by atomic mass is 16.3. The van der Waals surface area contributed by atoms with Gasteiger partial charge in [-0.1, -0.05) is 13.8 Å². The summed E-state index contributed by atoms with van der Waals surface area (Å²) in [5, 5.41) is 1.33. The SMILES string of the molecule is Cc1oc2c(C(C)C)c(C)c(C)c(C)c2c1C.